The summed E-state index contributed by atoms with van der Waals surface area (Å²) in [5.41, 5.74) is 2.10. The molecule has 0 unspecified atom stereocenters. The monoisotopic (exact) mass is 356 g/mol. The molecule has 1 atom stereocenters. The van der Waals surface area contributed by atoms with Crippen LogP contribution in [0.25, 0.3) is 11.5 Å². The summed E-state index contributed by atoms with van der Waals surface area (Å²) < 4.78 is 7.83. The second kappa shape index (κ2) is 6.95. The molecule has 0 bridgehead atoms. The topological polar surface area (TPSA) is 82.5 Å². The van der Waals surface area contributed by atoms with Crippen LogP contribution >= 0.6 is 11.8 Å². The Labute approximate surface area is 150 Å². The molecule has 8 heteroatoms. The predicted molar refractivity (Wildman–Crippen MR) is 94.1 cm³/mol. The average Bonchev–Trinajstić information content (AvgIpc) is 3.35. The number of thioether (sulfide) groups is 1. The van der Waals surface area contributed by atoms with E-state index in [4.69, 9.17) is 4.42 Å². The van der Waals surface area contributed by atoms with Crippen molar-refractivity contribution in [3.63, 3.8) is 0 Å². The van der Waals surface area contributed by atoms with Gasteiger partial charge in [-0.25, -0.2) is 4.68 Å². The molecular formula is C17H20N6OS. The number of rotatable bonds is 5. The summed E-state index contributed by atoms with van der Waals surface area (Å²) in [5, 5.41) is 21.4. The number of benzene rings is 1. The Morgan fingerprint density at radius 2 is 2.04 bits per heavy atom. The van der Waals surface area contributed by atoms with Gasteiger partial charge < -0.3 is 4.42 Å². The number of tetrazole rings is 1. The van der Waals surface area contributed by atoms with Gasteiger partial charge in [0.25, 0.3) is 0 Å². The van der Waals surface area contributed by atoms with Gasteiger partial charge >= 0.3 is 0 Å². The van der Waals surface area contributed by atoms with Crippen LogP contribution in [-0.4, -0.2) is 30.4 Å². The molecule has 0 radical (unpaired) electrons. The van der Waals surface area contributed by atoms with Gasteiger partial charge in [-0.05, 0) is 49.2 Å². The van der Waals surface area contributed by atoms with Crippen LogP contribution in [0.2, 0.25) is 0 Å². The number of nitrogens with zero attached hydrogens (tertiary/aromatic N) is 6. The van der Waals surface area contributed by atoms with E-state index in [1.807, 2.05) is 42.8 Å². The van der Waals surface area contributed by atoms with Gasteiger partial charge in [-0.15, -0.1) is 15.3 Å². The first-order chi connectivity index (χ1) is 12.2. The standard InChI is InChI=1S/C17H20N6OS/c1-11-6-5-7-13(10-11)16-19-18-15(24-16)12(2)25-17-20-21-22-23(17)14-8-3-4-9-14/h5-7,10,12,14H,3-4,8-9H2,1-2H3/t12-/m0/s1. The SMILES string of the molecule is Cc1cccc(-c2nnc([C@H](C)Sc3nnnn3C3CCCC3)o2)c1. The molecule has 130 valence electrons. The summed E-state index contributed by atoms with van der Waals surface area (Å²) in [6.45, 7) is 4.08. The lowest BCUT2D eigenvalue weighted by molar-refractivity contribution is 0.422. The molecule has 3 aromatic rings. The Morgan fingerprint density at radius 3 is 2.84 bits per heavy atom. The number of aromatic nitrogens is 6. The molecule has 25 heavy (non-hydrogen) atoms. The van der Waals surface area contributed by atoms with E-state index in [2.05, 4.69) is 25.7 Å². The molecule has 1 saturated carbocycles. The maximum Gasteiger partial charge on any atom is 0.247 e. The molecule has 1 aliphatic carbocycles. The van der Waals surface area contributed by atoms with Gasteiger partial charge in [-0.2, -0.15) is 0 Å². The molecule has 0 saturated heterocycles. The van der Waals surface area contributed by atoms with Crippen LogP contribution in [-0.2, 0) is 0 Å². The second-order valence-electron chi connectivity index (χ2n) is 6.42. The molecule has 4 rings (SSSR count). The Balaban J connectivity index is 1.51. The highest BCUT2D eigenvalue weighted by molar-refractivity contribution is 7.99. The molecule has 0 aliphatic heterocycles. The zero-order valence-electron chi connectivity index (χ0n) is 14.3. The average molecular weight is 356 g/mol. The van der Waals surface area contributed by atoms with Crippen molar-refractivity contribution in [3.05, 3.63) is 35.7 Å². The first kappa shape index (κ1) is 16.3. The third-order valence-electron chi connectivity index (χ3n) is 4.47. The fourth-order valence-corrected chi connectivity index (χ4v) is 4.03. The van der Waals surface area contributed by atoms with Crippen molar-refractivity contribution in [2.45, 2.75) is 56.0 Å². The van der Waals surface area contributed by atoms with E-state index < -0.39 is 0 Å². The molecule has 2 aromatic heterocycles. The predicted octanol–water partition coefficient (Wildman–Crippen LogP) is 4.00. The van der Waals surface area contributed by atoms with Crippen LogP contribution in [0.3, 0.4) is 0 Å². The maximum absolute atomic E-state index is 5.88. The van der Waals surface area contributed by atoms with Crippen LogP contribution < -0.4 is 0 Å². The van der Waals surface area contributed by atoms with Gasteiger partial charge in [0.1, 0.15) is 0 Å². The summed E-state index contributed by atoms with van der Waals surface area (Å²) in [5.74, 6) is 1.13. The molecule has 1 aromatic carbocycles. The van der Waals surface area contributed by atoms with Crippen LogP contribution in [0.4, 0.5) is 0 Å². The Hall–Kier alpha value is -2.22. The minimum Gasteiger partial charge on any atom is -0.419 e. The van der Waals surface area contributed by atoms with E-state index in [1.165, 1.54) is 12.8 Å². The molecule has 2 heterocycles. The van der Waals surface area contributed by atoms with Crippen LogP contribution in [0.15, 0.2) is 33.8 Å². The highest BCUT2D eigenvalue weighted by Gasteiger charge is 2.24. The van der Waals surface area contributed by atoms with Crippen LogP contribution in [0.1, 0.15) is 55.4 Å². The van der Waals surface area contributed by atoms with E-state index >= 15 is 0 Å². The van der Waals surface area contributed by atoms with Crippen LogP contribution in [0, 0.1) is 6.92 Å². The van der Waals surface area contributed by atoms with Gasteiger partial charge in [0.15, 0.2) is 0 Å². The van der Waals surface area contributed by atoms with E-state index in [-0.39, 0.29) is 5.25 Å². The minimum atomic E-state index is -0.0165. The fourth-order valence-electron chi connectivity index (χ4n) is 3.14. The summed E-state index contributed by atoms with van der Waals surface area (Å²) >= 11 is 1.56. The third-order valence-corrected chi connectivity index (χ3v) is 5.50. The van der Waals surface area contributed by atoms with Gasteiger partial charge in [-0.1, -0.05) is 42.3 Å². The lowest BCUT2D eigenvalue weighted by Crippen LogP contribution is -2.08. The normalized spacial score (nSPS) is 16.4. The van der Waals surface area contributed by atoms with Crippen molar-refractivity contribution in [2.24, 2.45) is 0 Å². The summed E-state index contributed by atoms with van der Waals surface area (Å²) in [4.78, 5) is 0. The van der Waals surface area contributed by atoms with E-state index in [0.29, 0.717) is 17.8 Å². The van der Waals surface area contributed by atoms with Crippen molar-refractivity contribution in [3.8, 4) is 11.5 Å². The maximum atomic E-state index is 5.88. The summed E-state index contributed by atoms with van der Waals surface area (Å²) in [7, 11) is 0. The molecule has 1 fully saturated rings. The van der Waals surface area contributed by atoms with Gasteiger partial charge in [0.05, 0.1) is 11.3 Å². The molecular weight excluding hydrogens is 336 g/mol. The van der Waals surface area contributed by atoms with Crippen molar-refractivity contribution in [2.75, 3.05) is 0 Å². The molecule has 0 amide bonds. The summed E-state index contributed by atoms with van der Waals surface area (Å²) in [6.07, 6.45) is 4.78. The quantitative estimate of drug-likeness (QED) is 0.639. The fraction of sp³-hybridized carbons (Fsp3) is 0.471. The van der Waals surface area contributed by atoms with Gasteiger partial charge in [0, 0.05) is 5.56 Å². The highest BCUT2D eigenvalue weighted by atomic mass is 32.2. The van der Waals surface area contributed by atoms with Crippen molar-refractivity contribution in [1.29, 1.82) is 0 Å². The highest BCUT2D eigenvalue weighted by Crippen LogP contribution is 2.37. The number of hydrogen-bond acceptors (Lipinski definition) is 7. The smallest absolute Gasteiger partial charge is 0.247 e. The van der Waals surface area contributed by atoms with Gasteiger partial charge in [0.2, 0.25) is 16.9 Å². The van der Waals surface area contributed by atoms with Crippen molar-refractivity contribution in [1.82, 2.24) is 30.4 Å². The zero-order valence-corrected chi connectivity index (χ0v) is 15.1. The Morgan fingerprint density at radius 1 is 1.20 bits per heavy atom. The van der Waals surface area contributed by atoms with E-state index in [1.54, 1.807) is 11.8 Å². The van der Waals surface area contributed by atoms with E-state index in [9.17, 15) is 0 Å². The minimum absolute atomic E-state index is 0.0165. The molecule has 1 aliphatic rings. The molecule has 0 N–H and O–H groups in total. The zero-order chi connectivity index (χ0) is 17.2. The number of aryl methyl sites for hydroxylation is 1. The van der Waals surface area contributed by atoms with Gasteiger partial charge in [-0.3, -0.25) is 0 Å². The first-order valence-corrected chi connectivity index (χ1v) is 9.43. The van der Waals surface area contributed by atoms with E-state index in [0.717, 1.165) is 29.1 Å². The lowest BCUT2D eigenvalue weighted by atomic mass is 10.1. The first-order valence-electron chi connectivity index (χ1n) is 8.55. The third kappa shape index (κ3) is 3.44. The second-order valence-corrected chi connectivity index (χ2v) is 7.73. The van der Waals surface area contributed by atoms with Crippen molar-refractivity contribution < 1.29 is 4.42 Å². The Kier molecular flexibility index (Phi) is 4.52. The van der Waals surface area contributed by atoms with Crippen molar-refractivity contribution >= 4 is 11.8 Å². The Bertz CT molecular complexity index is 854. The largest absolute Gasteiger partial charge is 0.419 e. The molecule has 0 spiro atoms. The lowest BCUT2D eigenvalue weighted by Gasteiger charge is -2.12. The molecule has 7 nitrogen and oxygen atoms in total. The van der Waals surface area contributed by atoms with Crippen LogP contribution in [0.5, 0.6) is 0 Å². The summed E-state index contributed by atoms with van der Waals surface area (Å²) in [6, 6.07) is 8.46. The number of hydrogen-bond donors (Lipinski definition) is 0.